The van der Waals surface area contributed by atoms with Crippen LogP contribution >= 0.6 is 11.3 Å². The first-order chi connectivity index (χ1) is 8.88. The molecule has 1 heterocycles. The van der Waals surface area contributed by atoms with Crippen LogP contribution in [0.4, 0.5) is 0 Å². The SMILES string of the molecule is CC(C)C(C)(C)CNC(=O)c1sccc1C#CCO. The number of nitrogens with one attached hydrogen (secondary N) is 1. The lowest BCUT2D eigenvalue weighted by molar-refractivity contribution is 0.0928. The number of carbonyl (C=O) groups is 1. The maximum absolute atomic E-state index is 12.1. The van der Waals surface area contributed by atoms with E-state index >= 15 is 0 Å². The van der Waals surface area contributed by atoms with Crippen LogP contribution < -0.4 is 5.32 Å². The van der Waals surface area contributed by atoms with Crippen molar-refractivity contribution in [2.75, 3.05) is 13.2 Å². The standard InChI is InChI=1S/C15H21NO2S/c1-11(2)15(3,4)10-16-14(18)13-12(6-5-8-17)7-9-19-13/h7,9,11,17H,8,10H2,1-4H3,(H,16,18). The molecule has 0 aliphatic heterocycles. The molecule has 0 saturated heterocycles. The van der Waals surface area contributed by atoms with Crippen LogP contribution in [0.15, 0.2) is 11.4 Å². The molecule has 1 rings (SSSR count). The number of aliphatic hydroxyl groups excluding tert-OH is 1. The van der Waals surface area contributed by atoms with Crippen molar-refractivity contribution >= 4 is 17.2 Å². The summed E-state index contributed by atoms with van der Waals surface area (Å²) in [5.74, 6) is 5.76. The van der Waals surface area contributed by atoms with Crippen LogP contribution in [0.3, 0.4) is 0 Å². The molecule has 1 aromatic rings. The lowest BCUT2D eigenvalue weighted by Crippen LogP contribution is -2.36. The van der Waals surface area contributed by atoms with Gasteiger partial charge in [-0.2, -0.15) is 0 Å². The van der Waals surface area contributed by atoms with E-state index in [2.05, 4.69) is 44.9 Å². The topological polar surface area (TPSA) is 49.3 Å². The third-order valence-electron chi connectivity index (χ3n) is 3.44. The summed E-state index contributed by atoms with van der Waals surface area (Å²) in [5, 5.41) is 13.5. The Morgan fingerprint density at radius 2 is 2.21 bits per heavy atom. The van der Waals surface area contributed by atoms with Crippen LogP contribution in [0.1, 0.15) is 42.9 Å². The molecule has 1 amide bonds. The summed E-state index contributed by atoms with van der Waals surface area (Å²) in [6, 6.07) is 1.80. The molecular weight excluding hydrogens is 258 g/mol. The number of rotatable bonds is 4. The smallest absolute Gasteiger partial charge is 0.262 e. The molecule has 4 heteroatoms. The Balaban J connectivity index is 2.72. The second-order valence-corrected chi connectivity index (χ2v) is 6.37. The molecule has 0 saturated carbocycles. The molecular formula is C15H21NO2S. The van der Waals surface area contributed by atoms with Gasteiger partial charge in [0, 0.05) is 12.1 Å². The lowest BCUT2D eigenvalue weighted by atomic mass is 9.81. The van der Waals surface area contributed by atoms with Crippen LogP contribution in [0.25, 0.3) is 0 Å². The van der Waals surface area contributed by atoms with Gasteiger partial charge < -0.3 is 10.4 Å². The zero-order valence-corrected chi connectivity index (χ0v) is 12.7. The van der Waals surface area contributed by atoms with Crippen molar-refractivity contribution < 1.29 is 9.90 Å². The van der Waals surface area contributed by atoms with Crippen LogP contribution in [-0.4, -0.2) is 24.2 Å². The lowest BCUT2D eigenvalue weighted by Gasteiger charge is -2.29. The summed E-state index contributed by atoms with van der Waals surface area (Å²) in [5.41, 5.74) is 0.739. The molecule has 0 aliphatic carbocycles. The largest absolute Gasteiger partial charge is 0.384 e. The average molecular weight is 279 g/mol. The molecule has 2 N–H and O–H groups in total. The van der Waals surface area contributed by atoms with Gasteiger partial charge in [0.1, 0.15) is 11.5 Å². The fourth-order valence-corrected chi connectivity index (χ4v) is 2.08. The molecule has 0 atom stereocenters. The molecule has 104 valence electrons. The fourth-order valence-electron chi connectivity index (χ4n) is 1.31. The van der Waals surface area contributed by atoms with Crippen molar-refractivity contribution in [3.63, 3.8) is 0 Å². The molecule has 3 nitrogen and oxygen atoms in total. The number of aliphatic hydroxyl groups is 1. The van der Waals surface area contributed by atoms with Gasteiger partial charge in [-0.15, -0.1) is 11.3 Å². The maximum atomic E-state index is 12.1. The van der Waals surface area contributed by atoms with E-state index in [1.807, 2.05) is 5.38 Å². The van der Waals surface area contributed by atoms with Gasteiger partial charge in [0.05, 0.1) is 0 Å². The van der Waals surface area contributed by atoms with Crippen LogP contribution in [0.5, 0.6) is 0 Å². The van der Waals surface area contributed by atoms with Crippen molar-refractivity contribution in [1.29, 1.82) is 0 Å². The summed E-state index contributed by atoms with van der Waals surface area (Å²) < 4.78 is 0. The average Bonchev–Trinajstić information content (AvgIpc) is 2.81. The first-order valence-corrected chi connectivity index (χ1v) is 7.22. The number of thiophene rings is 1. The van der Waals surface area contributed by atoms with Gasteiger partial charge in [0.25, 0.3) is 5.91 Å². The Kier molecular flexibility index (Phi) is 5.59. The van der Waals surface area contributed by atoms with E-state index < -0.39 is 0 Å². The normalized spacial score (nSPS) is 11.1. The minimum Gasteiger partial charge on any atom is -0.384 e. The summed E-state index contributed by atoms with van der Waals surface area (Å²) in [6.45, 7) is 9.01. The van der Waals surface area contributed by atoms with Crippen LogP contribution in [0.2, 0.25) is 0 Å². The molecule has 0 fully saturated rings. The second kappa shape index (κ2) is 6.74. The van der Waals surface area contributed by atoms with E-state index in [0.717, 1.165) is 0 Å². The molecule has 0 aromatic carbocycles. The van der Waals surface area contributed by atoms with E-state index in [4.69, 9.17) is 5.11 Å². The molecule has 0 unspecified atom stereocenters. The van der Waals surface area contributed by atoms with E-state index in [0.29, 0.717) is 22.9 Å². The van der Waals surface area contributed by atoms with Crippen LogP contribution in [0, 0.1) is 23.2 Å². The van der Waals surface area contributed by atoms with Crippen LogP contribution in [-0.2, 0) is 0 Å². The number of hydrogen-bond donors (Lipinski definition) is 2. The van der Waals surface area contributed by atoms with Crippen molar-refractivity contribution in [2.24, 2.45) is 11.3 Å². The van der Waals surface area contributed by atoms with E-state index in [9.17, 15) is 4.79 Å². The first-order valence-electron chi connectivity index (χ1n) is 6.34. The summed E-state index contributed by atoms with van der Waals surface area (Å²) >= 11 is 1.37. The highest BCUT2D eigenvalue weighted by molar-refractivity contribution is 7.12. The van der Waals surface area contributed by atoms with Gasteiger partial charge in [-0.05, 0) is 22.8 Å². The molecule has 0 bridgehead atoms. The van der Waals surface area contributed by atoms with E-state index in [1.54, 1.807) is 6.07 Å². The Morgan fingerprint density at radius 3 is 2.79 bits per heavy atom. The predicted octanol–water partition coefficient (Wildman–Crippen LogP) is 2.50. The van der Waals surface area contributed by atoms with Crippen molar-refractivity contribution in [3.05, 3.63) is 21.9 Å². The Hall–Kier alpha value is -1.31. The highest BCUT2D eigenvalue weighted by Crippen LogP contribution is 2.25. The third-order valence-corrected chi connectivity index (χ3v) is 4.35. The van der Waals surface area contributed by atoms with E-state index in [-0.39, 0.29) is 17.9 Å². The molecule has 0 radical (unpaired) electrons. The van der Waals surface area contributed by atoms with Gasteiger partial charge in [-0.25, -0.2) is 0 Å². The quantitative estimate of drug-likeness (QED) is 0.832. The minimum absolute atomic E-state index is 0.0594. The number of carbonyl (C=O) groups excluding carboxylic acids is 1. The molecule has 0 aliphatic rings. The van der Waals surface area contributed by atoms with Gasteiger partial charge in [-0.3, -0.25) is 4.79 Å². The first kappa shape index (κ1) is 15.7. The summed E-state index contributed by atoms with van der Waals surface area (Å²) in [4.78, 5) is 12.7. The van der Waals surface area contributed by atoms with Gasteiger partial charge in [0.15, 0.2) is 0 Å². The van der Waals surface area contributed by atoms with Gasteiger partial charge in [-0.1, -0.05) is 39.5 Å². The monoisotopic (exact) mass is 279 g/mol. The Labute approximate surface area is 119 Å². The number of hydrogen-bond acceptors (Lipinski definition) is 3. The Morgan fingerprint density at radius 1 is 1.53 bits per heavy atom. The highest BCUT2D eigenvalue weighted by atomic mass is 32.1. The number of amides is 1. The Bertz CT molecular complexity index is 492. The molecule has 19 heavy (non-hydrogen) atoms. The van der Waals surface area contributed by atoms with Gasteiger partial charge in [0.2, 0.25) is 0 Å². The summed E-state index contributed by atoms with van der Waals surface area (Å²) in [6.07, 6.45) is 0. The zero-order valence-electron chi connectivity index (χ0n) is 11.9. The zero-order chi connectivity index (χ0) is 14.5. The third kappa shape index (κ3) is 4.38. The van der Waals surface area contributed by atoms with Crippen molar-refractivity contribution in [3.8, 4) is 11.8 Å². The minimum atomic E-state index is -0.197. The van der Waals surface area contributed by atoms with Crippen molar-refractivity contribution in [1.82, 2.24) is 5.32 Å². The van der Waals surface area contributed by atoms with Crippen molar-refractivity contribution in [2.45, 2.75) is 27.7 Å². The van der Waals surface area contributed by atoms with E-state index in [1.165, 1.54) is 11.3 Å². The van der Waals surface area contributed by atoms with Gasteiger partial charge >= 0.3 is 0 Å². The fraction of sp³-hybridized carbons (Fsp3) is 0.533. The summed E-state index contributed by atoms with van der Waals surface area (Å²) in [7, 11) is 0. The second-order valence-electron chi connectivity index (χ2n) is 5.45. The molecule has 0 spiro atoms. The highest BCUT2D eigenvalue weighted by Gasteiger charge is 2.23. The maximum Gasteiger partial charge on any atom is 0.262 e. The molecule has 1 aromatic heterocycles. The predicted molar refractivity (Wildman–Crippen MR) is 79.2 cm³/mol.